The fourth-order valence-electron chi connectivity index (χ4n) is 2.60. The number of hydrogen-bond acceptors (Lipinski definition) is 6. The van der Waals surface area contributed by atoms with Gasteiger partial charge in [-0.15, -0.1) is 0 Å². The van der Waals surface area contributed by atoms with E-state index in [1.807, 2.05) is 0 Å². The van der Waals surface area contributed by atoms with E-state index in [9.17, 15) is 9.59 Å². The van der Waals surface area contributed by atoms with Crippen LogP contribution in [-0.4, -0.2) is 35.8 Å². The summed E-state index contributed by atoms with van der Waals surface area (Å²) in [5, 5.41) is 9.51. The highest BCUT2D eigenvalue weighted by Gasteiger charge is 2.20. The number of carbonyl (C=O) groups excluding carboxylic acids is 2. The highest BCUT2D eigenvalue weighted by atomic mass is 16.5. The minimum atomic E-state index is -0.426. The Kier molecular flexibility index (Phi) is 5.64. The Morgan fingerprint density at radius 2 is 1.86 bits per heavy atom. The lowest BCUT2D eigenvalue weighted by atomic mass is 10.2. The first-order valence-electron chi connectivity index (χ1n) is 8.39. The molecule has 2 aromatic heterocycles. The second-order valence-corrected chi connectivity index (χ2v) is 5.85. The maximum absolute atomic E-state index is 12.7. The maximum atomic E-state index is 12.7. The zero-order valence-corrected chi connectivity index (χ0v) is 15.7. The zero-order chi connectivity index (χ0) is 20.1. The average molecular weight is 384 g/mol. The van der Waals surface area contributed by atoms with Crippen molar-refractivity contribution in [3.05, 3.63) is 59.8 Å². The molecule has 9 heteroatoms. The van der Waals surface area contributed by atoms with Crippen LogP contribution in [0.3, 0.4) is 0 Å². The van der Waals surface area contributed by atoms with Gasteiger partial charge in [-0.3, -0.25) is 14.3 Å². The minimum Gasteiger partial charge on any atom is -0.497 e. The minimum absolute atomic E-state index is 0.217. The van der Waals surface area contributed by atoms with Crippen LogP contribution in [0.5, 0.6) is 11.5 Å². The summed E-state index contributed by atoms with van der Waals surface area (Å²) >= 11 is 0. The normalized spacial score (nSPS) is 10.4. The van der Waals surface area contributed by atoms with Crippen molar-refractivity contribution in [1.82, 2.24) is 15.1 Å². The van der Waals surface area contributed by atoms with Gasteiger partial charge in [0.25, 0.3) is 11.8 Å². The van der Waals surface area contributed by atoms with Gasteiger partial charge in [-0.1, -0.05) is 0 Å². The van der Waals surface area contributed by atoms with E-state index >= 15 is 0 Å². The van der Waals surface area contributed by atoms with Gasteiger partial charge in [0, 0.05) is 18.7 Å². The van der Waals surface area contributed by atoms with Gasteiger partial charge in [0.2, 0.25) is 0 Å². The number of anilines is 1. The summed E-state index contributed by atoms with van der Waals surface area (Å²) in [6.07, 6.45) is 2.94. The summed E-state index contributed by atoms with van der Waals surface area (Å²) in [6.45, 7) is 0.220. The molecule has 2 amide bonds. The molecule has 9 nitrogen and oxygen atoms in total. The predicted molar refractivity (Wildman–Crippen MR) is 101 cm³/mol. The third kappa shape index (κ3) is 4.14. The van der Waals surface area contributed by atoms with Crippen LogP contribution in [0.25, 0.3) is 0 Å². The molecule has 0 aliphatic heterocycles. The summed E-state index contributed by atoms with van der Waals surface area (Å²) in [5.74, 6) is 0.754. The van der Waals surface area contributed by atoms with Gasteiger partial charge in [0.05, 0.1) is 38.9 Å². The Morgan fingerprint density at radius 3 is 2.46 bits per heavy atom. The van der Waals surface area contributed by atoms with Crippen molar-refractivity contribution < 1.29 is 23.5 Å². The quantitative estimate of drug-likeness (QED) is 0.647. The maximum Gasteiger partial charge on any atom is 0.272 e. The molecule has 0 unspecified atom stereocenters. The third-order valence-electron chi connectivity index (χ3n) is 4.02. The molecule has 1 aromatic carbocycles. The van der Waals surface area contributed by atoms with E-state index in [-0.39, 0.29) is 17.9 Å². The van der Waals surface area contributed by atoms with Crippen LogP contribution < -0.4 is 20.1 Å². The molecule has 0 atom stereocenters. The number of aryl methyl sites for hydroxylation is 1. The molecule has 0 bridgehead atoms. The highest BCUT2D eigenvalue weighted by molar-refractivity contribution is 6.08. The first-order chi connectivity index (χ1) is 13.5. The number of furan rings is 1. The van der Waals surface area contributed by atoms with Crippen LogP contribution in [0.15, 0.2) is 47.2 Å². The van der Waals surface area contributed by atoms with Gasteiger partial charge in [-0.2, -0.15) is 5.10 Å². The summed E-state index contributed by atoms with van der Waals surface area (Å²) in [6, 6.07) is 8.30. The van der Waals surface area contributed by atoms with Crippen molar-refractivity contribution in [2.45, 2.75) is 6.54 Å². The van der Waals surface area contributed by atoms with Crippen LogP contribution >= 0.6 is 0 Å². The van der Waals surface area contributed by atoms with E-state index < -0.39 is 11.8 Å². The molecule has 0 aliphatic carbocycles. The Morgan fingerprint density at radius 1 is 1.14 bits per heavy atom. The Labute approximate surface area is 161 Å². The van der Waals surface area contributed by atoms with E-state index in [0.717, 1.165) is 0 Å². The molecule has 0 radical (unpaired) electrons. The monoisotopic (exact) mass is 384 g/mol. The number of methoxy groups -OCH3 is 2. The van der Waals surface area contributed by atoms with Crippen LogP contribution in [0, 0.1) is 0 Å². The van der Waals surface area contributed by atoms with E-state index in [0.29, 0.717) is 22.8 Å². The molecule has 28 heavy (non-hydrogen) atoms. The molecule has 2 N–H and O–H groups in total. The van der Waals surface area contributed by atoms with Gasteiger partial charge in [-0.05, 0) is 24.3 Å². The highest BCUT2D eigenvalue weighted by Crippen LogP contribution is 2.24. The molecule has 0 saturated heterocycles. The molecular formula is C19H20N4O5. The molecule has 0 saturated carbocycles. The fraction of sp³-hybridized carbons (Fsp3) is 0.211. The van der Waals surface area contributed by atoms with E-state index in [1.165, 1.54) is 31.4 Å². The second-order valence-electron chi connectivity index (χ2n) is 5.85. The van der Waals surface area contributed by atoms with Crippen molar-refractivity contribution >= 4 is 17.5 Å². The predicted octanol–water partition coefficient (Wildman–Crippen LogP) is 2.21. The topological polar surface area (TPSA) is 108 Å². The number of carbonyl (C=O) groups is 2. The summed E-state index contributed by atoms with van der Waals surface area (Å²) < 4.78 is 16.9. The van der Waals surface area contributed by atoms with Crippen molar-refractivity contribution in [2.24, 2.45) is 7.05 Å². The molecule has 3 rings (SSSR count). The SMILES string of the molecule is COc1cc(OC)cc(C(=O)Nc2cnn(C)c2C(=O)NCc2ccco2)c1. The average Bonchev–Trinajstić information content (AvgIpc) is 3.35. The fourth-order valence-corrected chi connectivity index (χ4v) is 2.60. The van der Waals surface area contributed by atoms with Crippen LogP contribution in [0.2, 0.25) is 0 Å². The van der Waals surface area contributed by atoms with Crippen molar-refractivity contribution in [2.75, 3.05) is 19.5 Å². The summed E-state index contributed by atoms with van der Waals surface area (Å²) in [5.41, 5.74) is 0.822. The standard InChI is InChI=1S/C19H20N4O5/c1-23-17(19(25)20-10-13-5-4-6-28-13)16(11-21-23)22-18(24)12-7-14(26-2)9-15(8-12)27-3/h4-9,11H,10H2,1-3H3,(H,20,25)(H,22,24). The van der Waals surface area contributed by atoms with Gasteiger partial charge < -0.3 is 24.5 Å². The Bertz CT molecular complexity index is 956. The Hall–Kier alpha value is -3.75. The van der Waals surface area contributed by atoms with Gasteiger partial charge >= 0.3 is 0 Å². The molecular weight excluding hydrogens is 364 g/mol. The largest absolute Gasteiger partial charge is 0.497 e. The number of aromatic nitrogens is 2. The number of benzene rings is 1. The Balaban J connectivity index is 1.78. The number of nitrogens with one attached hydrogen (secondary N) is 2. The lowest BCUT2D eigenvalue weighted by Gasteiger charge is -2.10. The van der Waals surface area contributed by atoms with Gasteiger partial charge in [0.1, 0.15) is 23.0 Å². The first-order valence-corrected chi connectivity index (χ1v) is 8.39. The number of amides is 2. The molecule has 2 heterocycles. The van der Waals surface area contributed by atoms with Crippen LogP contribution in [0.1, 0.15) is 26.6 Å². The molecule has 3 aromatic rings. The number of nitrogens with zero attached hydrogens (tertiary/aromatic N) is 2. The van der Waals surface area contributed by atoms with Crippen LogP contribution in [-0.2, 0) is 13.6 Å². The zero-order valence-electron chi connectivity index (χ0n) is 15.7. The van der Waals surface area contributed by atoms with Gasteiger partial charge in [0.15, 0.2) is 0 Å². The lowest BCUT2D eigenvalue weighted by Crippen LogP contribution is -2.26. The summed E-state index contributed by atoms with van der Waals surface area (Å²) in [7, 11) is 4.62. The van der Waals surface area contributed by atoms with Crippen LogP contribution in [0.4, 0.5) is 5.69 Å². The van der Waals surface area contributed by atoms with E-state index in [2.05, 4.69) is 15.7 Å². The molecule has 0 fully saturated rings. The van der Waals surface area contributed by atoms with Gasteiger partial charge in [-0.25, -0.2) is 0 Å². The lowest BCUT2D eigenvalue weighted by molar-refractivity contribution is 0.0939. The van der Waals surface area contributed by atoms with Crippen molar-refractivity contribution in [3.8, 4) is 11.5 Å². The molecule has 0 aliphatic rings. The van der Waals surface area contributed by atoms with Crippen molar-refractivity contribution in [1.29, 1.82) is 0 Å². The third-order valence-corrected chi connectivity index (χ3v) is 4.02. The number of ether oxygens (including phenoxy) is 2. The van der Waals surface area contributed by atoms with E-state index in [1.54, 1.807) is 37.4 Å². The van der Waals surface area contributed by atoms with E-state index in [4.69, 9.17) is 13.9 Å². The molecule has 0 spiro atoms. The smallest absolute Gasteiger partial charge is 0.272 e. The second kappa shape index (κ2) is 8.30. The van der Waals surface area contributed by atoms with Crippen molar-refractivity contribution in [3.63, 3.8) is 0 Å². The first kappa shape index (κ1) is 19.0. The number of hydrogen-bond donors (Lipinski definition) is 2. The summed E-state index contributed by atoms with van der Waals surface area (Å²) in [4.78, 5) is 25.2. The molecule has 146 valence electrons. The number of rotatable bonds is 7.